The zero-order chi connectivity index (χ0) is 15.1. The van der Waals surface area contributed by atoms with E-state index < -0.39 is 11.0 Å². The zero-order valence-electron chi connectivity index (χ0n) is 11.6. The topological polar surface area (TPSA) is 75.4 Å². The molecule has 21 heavy (non-hydrogen) atoms. The third-order valence-electron chi connectivity index (χ3n) is 3.23. The second-order valence-electron chi connectivity index (χ2n) is 4.81. The van der Waals surface area contributed by atoms with Crippen LogP contribution in [0.1, 0.15) is 17.2 Å². The summed E-state index contributed by atoms with van der Waals surface area (Å²) in [6.07, 6.45) is 0.139. The van der Waals surface area contributed by atoms with Crippen LogP contribution in [0.15, 0.2) is 54.6 Å². The fourth-order valence-electron chi connectivity index (χ4n) is 2.09. The number of hydrogen-bond donors (Lipinski definition) is 2. The molecular weight excluding hydrogens is 268 g/mol. The van der Waals surface area contributed by atoms with Crippen LogP contribution in [0.5, 0.6) is 0 Å². The van der Waals surface area contributed by atoms with Crippen LogP contribution in [0, 0.1) is 10.1 Å². The predicted octanol–water partition coefficient (Wildman–Crippen LogP) is 2.46. The molecule has 110 valence electrons. The average molecular weight is 286 g/mol. The number of benzene rings is 2. The summed E-state index contributed by atoms with van der Waals surface area (Å²) in [5.74, 6) is 0. The summed E-state index contributed by atoms with van der Waals surface area (Å²) in [5.41, 5.74) is 1.89. The van der Waals surface area contributed by atoms with Crippen molar-refractivity contribution in [3.8, 4) is 0 Å². The monoisotopic (exact) mass is 286 g/mol. The molecule has 0 aliphatic heterocycles. The van der Waals surface area contributed by atoms with Crippen molar-refractivity contribution >= 4 is 5.69 Å². The summed E-state index contributed by atoms with van der Waals surface area (Å²) in [6, 6.07) is 16.1. The first-order valence-electron chi connectivity index (χ1n) is 6.84. The number of aliphatic hydroxyl groups is 1. The number of nitro groups is 1. The minimum atomic E-state index is -0.545. The van der Waals surface area contributed by atoms with Gasteiger partial charge in [0.1, 0.15) is 0 Å². The van der Waals surface area contributed by atoms with Gasteiger partial charge in [0.2, 0.25) is 0 Å². The summed E-state index contributed by atoms with van der Waals surface area (Å²) in [4.78, 5) is 10.3. The molecule has 1 atom stereocenters. The zero-order valence-corrected chi connectivity index (χ0v) is 11.6. The lowest BCUT2D eigenvalue weighted by Gasteiger charge is -2.12. The molecule has 0 fully saturated rings. The number of nitrogens with zero attached hydrogens (tertiary/aromatic N) is 1. The molecule has 0 saturated carbocycles. The van der Waals surface area contributed by atoms with Crippen LogP contribution >= 0.6 is 0 Å². The molecular formula is C16H18N2O3. The van der Waals surface area contributed by atoms with Crippen molar-refractivity contribution in [2.24, 2.45) is 0 Å². The van der Waals surface area contributed by atoms with E-state index in [9.17, 15) is 15.2 Å². The third kappa shape index (κ3) is 4.66. The first kappa shape index (κ1) is 15.2. The van der Waals surface area contributed by atoms with Crippen molar-refractivity contribution in [1.29, 1.82) is 0 Å². The predicted molar refractivity (Wildman–Crippen MR) is 81.1 cm³/mol. The maximum atomic E-state index is 10.7. The van der Waals surface area contributed by atoms with Gasteiger partial charge in [-0.2, -0.15) is 0 Å². The molecule has 0 aliphatic carbocycles. The molecule has 0 unspecified atom stereocenters. The Hall–Kier alpha value is -2.24. The lowest BCUT2D eigenvalue weighted by molar-refractivity contribution is -0.384. The van der Waals surface area contributed by atoms with E-state index in [0.29, 0.717) is 19.5 Å². The summed E-state index contributed by atoms with van der Waals surface area (Å²) in [7, 11) is 0. The molecule has 5 heteroatoms. The smallest absolute Gasteiger partial charge is 0.269 e. The first-order valence-corrected chi connectivity index (χ1v) is 6.84. The highest BCUT2D eigenvalue weighted by Crippen LogP contribution is 2.13. The number of aliphatic hydroxyl groups excluding tert-OH is 1. The number of rotatable bonds is 7. The lowest BCUT2D eigenvalue weighted by Crippen LogP contribution is -2.23. The minimum Gasteiger partial charge on any atom is -0.387 e. The molecule has 0 aliphatic rings. The first-order chi connectivity index (χ1) is 10.2. The number of nitro benzene ring substituents is 1. The van der Waals surface area contributed by atoms with Gasteiger partial charge in [-0.1, -0.05) is 42.5 Å². The van der Waals surface area contributed by atoms with Crippen LogP contribution in [-0.2, 0) is 6.42 Å². The van der Waals surface area contributed by atoms with Crippen molar-refractivity contribution in [3.63, 3.8) is 0 Å². The molecule has 0 spiro atoms. The molecule has 0 amide bonds. The Morgan fingerprint density at radius 3 is 2.62 bits per heavy atom. The summed E-state index contributed by atoms with van der Waals surface area (Å²) in [5, 5.41) is 23.8. The van der Waals surface area contributed by atoms with Gasteiger partial charge in [0.15, 0.2) is 0 Å². The van der Waals surface area contributed by atoms with Crippen LogP contribution in [0.4, 0.5) is 5.69 Å². The van der Waals surface area contributed by atoms with Crippen molar-refractivity contribution in [2.45, 2.75) is 12.5 Å². The molecule has 2 rings (SSSR count). The Morgan fingerprint density at radius 2 is 1.90 bits per heavy atom. The van der Waals surface area contributed by atoms with Crippen LogP contribution in [0.2, 0.25) is 0 Å². The van der Waals surface area contributed by atoms with Crippen LogP contribution in [0.3, 0.4) is 0 Å². The second kappa shape index (κ2) is 7.52. The van der Waals surface area contributed by atoms with E-state index in [0.717, 1.165) is 11.1 Å². The summed E-state index contributed by atoms with van der Waals surface area (Å²) >= 11 is 0. The van der Waals surface area contributed by atoms with Crippen molar-refractivity contribution in [3.05, 3.63) is 75.8 Å². The SMILES string of the molecule is O=[N+]([O-])c1cccc(CCNC[C@H](O)c2ccccc2)c1. The van der Waals surface area contributed by atoms with Gasteiger partial charge in [-0.25, -0.2) is 0 Å². The van der Waals surface area contributed by atoms with Gasteiger partial charge in [0, 0.05) is 18.7 Å². The number of non-ortho nitro benzene ring substituents is 1. The fraction of sp³-hybridized carbons (Fsp3) is 0.250. The van der Waals surface area contributed by atoms with Crippen molar-refractivity contribution in [2.75, 3.05) is 13.1 Å². The minimum absolute atomic E-state index is 0.108. The fourth-order valence-corrected chi connectivity index (χ4v) is 2.09. The molecule has 0 radical (unpaired) electrons. The lowest BCUT2D eigenvalue weighted by atomic mass is 10.1. The Labute approximate surface area is 123 Å². The molecule has 0 saturated heterocycles. The quantitative estimate of drug-likeness (QED) is 0.466. The van der Waals surface area contributed by atoms with Crippen LogP contribution in [-0.4, -0.2) is 23.1 Å². The van der Waals surface area contributed by atoms with E-state index in [1.165, 1.54) is 6.07 Å². The Bertz CT molecular complexity index is 587. The van der Waals surface area contributed by atoms with Gasteiger partial charge in [0.25, 0.3) is 5.69 Å². The van der Waals surface area contributed by atoms with E-state index in [2.05, 4.69) is 5.32 Å². The van der Waals surface area contributed by atoms with Gasteiger partial charge < -0.3 is 10.4 Å². The third-order valence-corrected chi connectivity index (χ3v) is 3.23. The number of hydrogen-bond acceptors (Lipinski definition) is 4. The highest BCUT2D eigenvalue weighted by atomic mass is 16.6. The largest absolute Gasteiger partial charge is 0.387 e. The summed E-state index contributed by atoms with van der Waals surface area (Å²) in [6.45, 7) is 1.12. The van der Waals surface area contributed by atoms with E-state index in [-0.39, 0.29) is 5.69 Å². The van der Waals surface area contributed by atoms with Gasteiger partial charge in [0.05, 0.1) is 11.0 Å². The molecule has 0 aromatic heterocycles. The maximum Gasteiger partial charge on any atom is 0.269 e. The van der Waals surface area contributed by atoms with Crippen molar-refractivity contribution < 1.29 is 10.0 Å². The molecule has 5 nitrogen and oxygen atoms in total. The van der Waals surface area contributed by atoms with E-state index in [4.69, 9.17) is 0 Å². The highest BCUT2D eigenvalue weighted by Gasteiger charge is 2.07. The van der Waals surface area contributed by atoms with Crippen molar-refractivity contribution in [1.82, 2.24) is 5.32 Å². The van der Waals surface area contributed by atoms with Gasteiger partial charge in [-0.15, -0.1) is 0 Å². The second-order valence-corrected chi connectivity index (χ2v) is 4.81. The van der Waals surface area contributed by atoms with Crippen LogP contribution < -0.4 is 5.32 Å². The molecule has 2 N–H and O–H groups in total. The standard InChI is InChI=1S/C16H18N2O3/c19-16(14-6-2-1-3-7-14)12-17-10-9-13-5-4-8-15(11-13)18(20)21/h1-8,11,16-17,19H,9-10,12H2/t16-/m0/s1. The maximum absolute atomic E-state index is 10.7. The highest BCUT2D eigenvalue weighted by molar-refractivity contribution is 5.34. The number of nitrogens with one attached hydrogen (secondary N) is 1. The van der Waals surface area contributed by atoms with Gasteiger partial charge >= 0.3 is 0 Å². The van der Waals surface area contributed by atoms with E-state index in [1.807, 2.05) is 36.4 Å². The normalized spacial score (nSPS) is 12.0. The Morgan fingerprint density at radius 1 is 1.14 bits per heavy atom. The summed E-state index contributed by atoms with van der Waals surface area (Å²) < 4.78 is 0. The Kier molecular flexibility index (Phi) is 5.43. The average Bonchev–Trinajstić information content (AvgIpc) is 2.52. The van der Waals surface area contributed by atoms with E-state index >= 15 is 0 Å². The molecule has 0 bridgehead atoms. The van der Waals surface area contributed by atoms with E-state index in [1.54, 1.807) is 12.1 Å². The molecule has 2 aromatic rings. The Balaban J connectivity index is 1.77. The molecule has 2 aromatic carbocycles. The van der Waals surface area contributed by atoms with Gasteiger partial charge in [-0.3, -0.25) is 10.1 Å². The van der Waals surface area contributed by atoms with Crippen LogP contribution in [0.25, 0.3) is 0 Å². The van der Waals surface area contributed by atoms with Gasteiger partial charge in [-0.05, 0) is 24.1 Å². The molecule has 0 heterocycles.